The molecule has 7 heterocycles. The highest BCUT2D eigenvalue weighted by Gasteiger charge is 2.55. The highest BCUT2D eigenvalue weighted by atomic mass is 16.8. The van der Waals surface area contributed by atoms with Crippen molar-refractivity contribution in [3.05, 3.63) is 65.7 Å². The third-order valence-electron chi connectivity index (χ3n) is 18.4. The van der Waals surface area contributed by atoms with Gasteiger partial charge in [0.15, 0.2) is 30.7 Å². The number of nitrogens with zero attached hydrogens (tertiary/aromatic N) is 3. The van der Waals surface area contributed by atoms with Gasteiger partial charge in [-0.2, -0.15) is 0 Å². The van der Waals surface area contributed by atoms with Gasteiger partial charge in [0.05, 0.1) is 58.1 Å². The zero-order valence-corrected chi connectivity index (χ0v) is 53.6. The number of hydrogen-bond donors (Lipinski definition) is 21. The zero-order valence-electron chi connectivity index (χ0n) is 53.6. The molecule has 6 amide bonds. The molecule has 2 aromatic rings. The Kier molecular flexibility index (Phi) is 25.9. The van der Waals surface area contributed by atoms with Crippen molar-refractivity contribution in [1.29, 1.82) is 0 Å². The van der Waals surface area contributed by atoms with Gasteiger partial charge in [0, 0.05) is 12.3 Å². The second kappa shape index (κ2) is 33.8. The summed E-state index contributed by atoms with van der Waals surface area (Å²) in [4.78, 5) is 96.9. The van der Waals surface area contributed by atoms with Crippen LogP contribution in [0.2, 0.25) is 0 Å². The number of carbonyl (C=O) groups excluding carboxylic acids is 6. The van der Waals surface area contributed by atoms with Crippen LogP contribution in [0.15, 0.2) is 64.6 Å². The van der Waals surface area contributed by atoms with Gasteiger partial charge in [-0.05, 0) is 42.5 Å². The number of ether oxygens (including phenoxy) is 7. The number of hydrogen-bond acceptors (Lipinski definition) is 31. The van der Waals surface area contributed by atoms with Crippen LogP contribution in [-0.4, -0.2) is 312 Å². The van der Waals surface area contributed by atoms with Crippen LogP contribution in [0.1, 0.15) is 63.0 Å². The van der Waals surface area contributed by atoms with E-state index in [0.29, 0.717) is 12.0 Å². The molecular formula is C61H90N12O25. The first-order valence-electron chi connectivity index (χ1n) is 32.5. The number of guanidine groups is 2. The molecule has 26 atom stereocenters. The predicted molar refractivity (Wildman–Crippen MR) is 333 cm³/mol. The van der Waals surface area contributed by atoms with Crippen LogP contribution in [0.4, 0.5) is 0 Å². The molecular weight excluding hydrogens is 1300 g/mol. The Morgan fingerprint density at radius 2 is 1.29 bits per heavy atom. The smallest absolute Gasteiger partial charge is 0.246 e. The van der Waals surface area contributed by atoms with E-state index in [1.807, 2.05) is 6.92 Å². The number of unbranched alkanes of at least 4 members (excludes halogenated alkanes) is 2. The SMILES string of the molecule is CCCCCC1OCC2OC(OC3C(CO)OC(Oc4ccc(CC5NC(=O)C(C(CC)c6ccccc6)NC(=O)CNC(=O)C(CO)NC(=O)C(C(O)C6CN=C(N)N6C6OC(CO)C(O)C(O)C6O)NC(=O)C(C(O)C6CN=C(N)N6)NC5=O)cc4)C(O)C3O)C(O)C(O)C2O1. The summed E-state index contributed by atoms with van der Waals surface area (Å²) in [6, 6.07) is 1.23. The molecule has 0 radical (unpaired) electrons. The van der Waals surface area contributed by atoms with Crippen LogP contribution in [0.3, 0.4) is 0 Å². The lowest BCUT2D eigenvalue weighted by molar-refractivity contribution is -0.381. The Morgan fingerprint density at radius 1 is 0.622 bits per heavy atom. The van der Waals surface area contributed by atoms with Gasteiger partial charge in [-0.3, -0.25) is 38.8 Å². The molecule has 23 N–H and O–H groups in total. The highest BCUT2D eigenvalue weighted by Crippen LogP contribution is 2.35. The fourth-order valence-corrected chi connectivity index (χ4v) is 12.8. The van der Waals surface area contributed by atoms with E-state index in [4.69, 9.17) is 44.6 Å². The molecule has 0 aliphatic carbocycles. The predicted octanol–water partition coefficient (Wildman–Crippen LogP) is -10.3. The first-order valence-corrected chi connectivity index (χ1v) is 32.5. The van der Waals surface area contributed by atoms with Crippen molar-refractivity contribution in [1.82, 2.24) is 42.1 Å². The lowest BCUT2D eigenvalue weighted by Crippen LogP contribution is -2.70. The second-order valence-corrected chi connectivity index (χ2v) is 25.0. The van der Waals surface area contributed by atoms with E-state index in [9.17, 15) is 75.7 Å². The maximum Gasteiger partial charge on any atom is 0.246 e. The van der Waals surface area contributed by atoms with Crippen molar-refractivity contribution in [2.24, 2.45) is 21.5 Å². The van der Waals surface area contributed by atoms with E-state index in [2.05, 4.69) is 47.2 Å². The number of rotatable bonds is 21. The maximum absolute atomic E-state index is 15.2. The molecule has 7 aliphatic rings. The van der Waals surface area contributed by atoms with Gasteiger partial charge in [0.1, 0.15) is 121 Å². The third-order valence-corrected chi connectivity index (χ3v) is 18.4. The van der Waals surface area contributed by atoms with Crippen LogP contribution in [-0.2, 0) is 63.6 Å². The molecule has 0 bridgehead atoms. The third kappa shape index (κ3) is 17.2. The average molecular weight is 1390 g/mol. The number of carbonyl (C=O) groups is 6. The van der Waals surface area contributed by atoms with E-state index >= 15 is 14.4 Å². The summed E-state index contributed by atoms with van der Waals surface area (Å²) in [5, 5.41) is 150. The lowest BCUT2D eigenvalue weighted by Gasteiger charge is -2.48. The Labute approximate surface area is 561 Å². The zero-order chi connectivity index (χ0) is 70.8. The summed E-state index contributed by atoms with van der Waals surface area (Å²) >= 11 is 0. The largest absolute Gasteiger partial charge is 0.462 e. The Bertz CT molecular complexity index is 3090. The standard InChI is InChI=1S/C61H90N12O25/c1-3-5-7-12-37-92-24-35-51(97-37)46(83)49(86)59(96-35)98-50-34(23-76)95-58(48(85)45(50)82)93-27-15-13-25(14-16-27)17-29-53(88)71-39(41(78)30-18-65-60(62)69-30)56(91)72-40(42(79)32-19-66-61(63)73(32)57-47(84)44(81)43(80)33(22-75)94-57)55(90)68-31(21-74)52(87)64-20-36(77)70-38(54(89)67-29)28(4-2)26-10-8-6-9-11-26/h6,8-11,13-16,28-35,37-51,57-59,74-76,78-86H,3-5,7,12,17-24H2,1-2H3,(H2,63,66)(H,64,87)(H,67,89)(H,68,90)(H,70,77)(H,71,88)(H,72,91)(H3,62,65,69). The van der Waals surface area contributed by atoms with Gasteiger partial charge in [0.25, 0.3) is 0 Å². The van der Waals surface area contributed by atoms with E-state index in [-0.39, 0.29) is 36.8 Å². The number of benzene rings is 2. The van der Waals surface area contributed by atoms with Crippen LogP contribution in [0, 0.1) is 0 Å². The second-order valence-electron chi connectivity index (χ2n) is 25.0. The van der Waals surface area contributed by atoms with Crippen molar-refractivity contribution < 1.29 is 123 Å². The topological polar surface area (TPSA) is 574 Å². The van der Waals surface area contributed by atoms with Gasteiger partial charge in [-0.1, -0.05) is 69.2 Å². The molecule has 0 saturated carbocycles. The Hall–Kier alpha value is -7.12. The Morgan fingerprint density at radius 3 is 1.95 bits per heavy atom. The van der Waals surface area contributed by atoms with E-state index in [0.717, 1.165) is 24.2 Å². The maximum atomic E-state index is 15.2. The van der Waals surface area contributed by atoms with Crippen molar-refractivity contribution in [3.63, 3.8) is 0 Å². The summed E-state index contributed by atoms with van der Waals surface area (Å²) in [5.41, 5.74) is 13.0. The number of nitrogens with one attached hydrogen (secondary N) is 7. The molecule has 26 unspecified atom stereocenters. The van der Waals surface area contributed by atoms with Gasteiger partial charge >= 0.3 is 0 Å². The minimum atomic E-state index is -2.34. The van der Waals surface area contributed by atoms with E-state index in [1.54, 1.807) is 37.3 Å². The monoisotopic (exact) mass is 1390 g/mol. The van der Waals surface area contributed by atoms with Gasteiger partial charge in [-0.15, -0.1) is 0 Å². The van der Waals surface area contributed by atoms with Crippen LogP contribution in [0.5, 0.6) is 5.75 Å². The Balaban J connectivity index is 0.992. The van der Waals surface area contributed by atoms with Gasteiger partial charge in [0.2, 0.25) is 41.7 Å². The first-order chi connectivity index (χ1) is 46.9. The number of amides is 6. The van der Waals surface area contributed by atoms with Crippen molar-refractivity contribution >= 4 is 47.4 Å². The van der Waals surface area contributed by atoms with Gasteiger partial charge < -0.3 is 148 Å². The van der Waals surface area contributed by atoms with Crippen LogP contribution >= 0.6 is 0 Å². The highest BCUT2D eigenvalue weighted by molar-refractivity contribution is 5.98. The summed E-state index contributed by atoms with van der Waals surface area (Å²) in [6.07, 6.45) is -26.5. The molecule has 37 nitrogen and oxygen atoms in total. The van der Waals surface area contributed by atoms with Crippen LogP contribution < -0.4 is 53.4 Å². The quantitative estimate of drug-likeness (QED) is 0.0516. The van der Waals surface area contributed by atoms with E-state index in [1.165, 1.54) is 24.3 Å². The summed E-state index contributed by atoms with van der Waals surface area (Å²) in [7, 11) is 0. The summed E-state index contributed by atoms with van der Waals surface area (Å²) in [5.74, 6) is -8.77. The number of aliphatic imine (C=N–C) groups is 2. The van der Waals surface area contributed by atoms with Crippen molar-refractivity contribution in [2.75, 3.05) is 46.1 Å². The normalized spacial score (nSPS) is 37.2. The van der Waals surface area contributed by atoms with Crippen LogP contribution in [0.25, 0.3) is 0 Å². The molecule has 5 saturated heterocycles. The summed E-state index contributed by atoms with van der Waals surface area (Å²) < 4.78 is 41.1. The fourth-order valence-electron chi connectivity index (χ4n) is 12.8. The van der Waals surface area contributed by atoms with Gasteiger partial charge in [-0.25, -0.2) is 0 Å². The molecule has 37 heteroatoms. The number of fused-ring (bicyclic) bond motifs is 1. The first kappa shape index (κ1) is 75.1. The molecule has 544 valence electrons. The average Bonchev–Trinajstić information content (AvgIpc) is 1.50. The molecule has 0 spiro atoms. The fraction of sp³-hybridized carbons (Fsp3) is 0.672. The molecule has 7 aliphatic heterocycles. The van der Waals surface area contributed by atoms with Crippen molar-refractivity contribution in [2.45, 2.75) is 211 Å². The van der Waals surface area contributed by atoms with Crippen molar-refractivity contribution in [3.8, 4) is 5.75 Å². The number of aliphatic hydroxyl groups excluding tert-OH is 12. The summed E-state index contributed by atoms with van der Waals surface area (Å²) in [6.45, 7) is -0.885. The molecule has 98 heavy (non-hydrogen) atoms. The minimum absolute atomic E-state index is 0.0227. The molecule has 5 fully saturated rings. The number of nitrogens with two attached hydrogens (primary N) is 2. The lowest BCUT2D eigenvalue weighted by atomic mass is 9.88. The molecule has 0 aromatic heterocycles. The minimum Gasteiger partial charge on any atom is -0.462 e. The molecule has 9 rings (SSSR count). The number of aliphatic hydroxyl groups is 12. The van der Waals surface area contributed by atoms with E-state index < -0.39 is 239 Å². The molecule has 2 aromatic carbocycles.